The summed E-state index contributed by atoms with van der Waals surface area (Å²) in [5.74, 6) is 0.458. The van der Waals surface area contributed by atoms with E-state index in [-0.39, 0.29) is 0 Å². The molecule has 1 fully saturated rings. The fraction of sp³-hybridized carbons (Fsp3) is 0.435. The molecule has 1 amide bonds. The van der Waals surface area contributed by atoms with E-state index < -0.39 is 21.2 Å². The first kappa shape index (κ1) is 22.3. The first-order chi connectivity index (χ1) is 14.3. The SMILES string of the molecule is COC(=O)Nc1cccc(C2CCN(Cc3ccc(S(=O)(=O)C(C)C)cc3)CC2)c1. The van der Waals surface area contributed by atoms with Gasteiger partial charge in [0.1, 0.15) is 0 Å². The van der Waals surface area contributed by atoms with Gasteiger partial charge in [-0.15, -0.1) is 0 Å². The number of methoxy groups -OCH3 is 1. The maximum absolute atomic E-state index is 12.3. The van der Waals surface area contributed by atoms with E-state index in [0.717, 1.165) is 43.7 Å². The van der Waals surface area contributed by atoms with E-state index in [1.165, 1.54) is 12.7 Å². The van der Waals surface area contributed by atoms with Gasteiger partial charge in [-0.3, -0.25) is 10.2 Å². The lowest BCUT2D eigenvalue weighted by molar-refractivity contribution is 0.187. The minimum Gasteiger partial charge on any atom is -0.453 e. The van der Waals surface area contributed by atoms with Gasteiger partial charge in [-0.1, -0.05) is 24.3 Å². The van der Waals surface area contributed by atoms with Gasteiger partial charge in [0, 0.05) is 12.2 Å². The summed E-state index contributed by atoms with van der Waals surface area (Å²) in [4.78, 5) is 14.2. The van der Waals surface area contributed by atoms with E-state index in [1.807, 2.05) is 30.3 Å². The number of carbonyl (C=O) groups excluding carboxylic acids is 1. The summed E-state index contributed by atoms with van der Waals surface area (Å²) >= 11 is 0. The van der Waals surface area contributed by atoms with Crippen LogP contribution in [0.1, 0.15) is 43.7 Å². The summed E-state index contributed by atoms with van der Waals surface area (Å²) in [7, 11) is -1.87. The number of nitrogens with zero attached hydrogens (tertiary/aromatic N) is 1. The number of anilines is 1. The van der Waals surface area contributed by atoms with E-state index in [2.05, 4.69) is 21.0 Å². The Balaban J connectivity index is 1.56. The number of amides is 1. The molecule has 1 aliphatic heterocycles. The van der Waals surface area contributed by atoms with Crippen LogP contribution in [0.25, 0.3) is 0 Å². The van der Waals surface area contributed by atoms with Crippen LogP contribution >= 0.6 is 0 Å². The Morgan fingerprint density at radius 1 is 1.13 bits per heavy atom. The molecule has 6 nitrogen and oxygen atoms in total. The van der Waals surface area contributed by atoms with E-state index in [0.29, 0.717) is 10.8 Å². The zero-order chi connectivity index (χ0) is 21.7. The first-order valence-corrected chi connectivity index (χ1v) is 11.8. The molecule has 0 aliphatic carbocycles. The highest BCUT2D eigenvalue weighted by Crippen LogP contribution is 2.30. The average Bonchev–Trinajstić information content (AvgIpc) is 2.74. The molecule has 1 heterocycles. The quantitative estimate of drug-likeness (QED) is 0.734. The molecular weight excluding hydrogens is 400 g/mol. The maximum atomic E-state index is 12.3. The second-order valence-corrected chi connectivity index (χ2v) is 10.5. The van der Waals surface area contributed by atoms with Crippen LogP contribution in [-0.4, -0.2) is 44.9 Å². The topological polar surface area (TPSA) is 75.7 Å². The number of nitrogens with one attached hydrogen (secondary N) is 1. The maximum Gasteiger partial charge on any atom is 0.411 e. The highest BCUT2D eigenvalue weighted by atomic mass is 32.2. The molecule has 7 heteroatoms. The minimum atomic E-state index is -3.23. The minimum absolute atomic E-state index is 0.389. The normalized spacial score (nSPS) is 15.9. The summed E-state index contributed by atoms with van der Waals surface area (Å²) in [6, 6.07) is 15.2. The van der Waals surface area contributed by atoms with Crippen LogP contribution in [0.15, 0.2) is 53.4 Å². The van der Waals surface area contributed by atoms with Crippen LogP contribution in [-0.2, 0) is 21.1 Å². The zero-order valence-corrected chi connectivity index (χ0v) is 18.6. The van der Waals surface area contributed by atoms with E-state index in [1.54, 1.807) is 26.0 Å². The third-order valence-corrected chi connectivity index (χ3v) is 7.83. The van der Waals surface area contributed by atoms with Gasteiger partial charge < -0.3 is 4.74 Å². The number of hydrogen-bond donors (Lipinski definition) is 1. The Morgan fingerprint density at radius 3 is 2.40 bits per heavy atom. The largest absolute Gasteiger partial charge is 0.453 e. The predicted molar refractivity (Wildman–Crippen MR) is 118 cm³/mol. The number of sulfone groups is 1. The molecule has 30 heavy (non-hydrogen) atoms. The van der Waals surface area contributed by atoms with E-state index in [4.69, 9.17) is 0 Å². The third kappa shape index (κ3) is 5.40. The van der Waals surface area contributed by atoms with Crippen LogP contribution in [0, 0.1) is 0 Å². The second-order valence-electron chi connectivity index (χ2n) is 8.03. The van der Waals surface area contributed by atoms with Crippen LogP contribution in [0.5, 0.6) is 0 Å². The molecule has 0 spiro atoms. The molecule has 3 rings (SSSR count). The van der Waals surface area contributed by atoms with Gasteiger partial charge in [0.25, 0.3) is 0 Å². The standard InChI is InChI=1S/C23H30N2O4S/c1-17(2)30(27,28)22-9-7-18(8-10-22)16-25-13-11-19(12-14-25)20-5-4-6-21(15-20)24-23(26)29-3/h4-10,15,17,19H,11-14,16H2,1-3H3,(H,24,26). The molecule has 1 aliphatic rings. The third-order valence-electron chi connectivity index (χ3n) is 5.66. The molecule has 2 aromatic rings. The van der Waals surface area contributed by atoms with Crippen molar-refractivity contribution in [3.8, 4) is 0 Å². The Bertz CT molecular complexity index is 963. The van der Waals surface area contributed by atoms with Crippen LogP contribution in [0.4, 0.5) is 10.5 Å². The van der Waals surface area contributed by atoms with Crippen molar-refractivity contribution in [2.45, 2.75) is 49.3 Å². The summed E-state index contributed by atoms with van der Waals surface area (Å²) in [5.41, 5.74) is 3.10. The zero-order valence-electron chi connectivity index (χ0n) is 17.8. The highest BCUT2D eigenvalue weighted by molar-refractivity contribution is 7.92. The summed E-state index contributed by atoms with van der Waals surface area (Å²) < 4.78 is 29.2. The van der Waals surface area contributed by atoms with E-state index in [9.17, 15) is 13.2 Å². The first-order valence-electron chi connectivity index (χ1n) is 10.3. The lowest BCUT2D eigenvalue weighted by Crippen LogP contribution is -2.32. The molecule has 0 bridgehead atoms. The molecule has 0 atom stereocenters. The number of rotatable bonds is 6. The Morgan fingerprint density at radius 2 is 1.80 bits per heavy atom. The molecule has 0 radical (unpaired) electrons. The van der Waals surface area contributed by atoms with Crippen molar-refractivity contribution in [1.29, 1.82) is 0 Å². The summed E-state index contributed by atoms with van der Waals surface area (Å²) in [6.45, 7) is 6.18. The fourth-order valence-electron chi connectivity index (χ4n) is 3.78. The summed E-state index contributed by atoms with van der Waals surface area (Å²) in [5, 5.41) is 2.31. The lowest BCUT2D eigenvalue weighted by atomic mass is 9.89. The second kappa shape index (κ2) is 9.62. The molecule has 2 aromatic carbocycles. The van der Waals surface area contributed by atoms with Crippen LogP contribution in [0.3, 0.4) is 0 Å². The fourth-order valence-corrected chi connectivity index (χ4v) is 4.84. The molecule has 0 unspecified atom stereocenters. The van der Waals surface area contributed by atoms with Gasteiger partial charge in [0.05, 0.1) is 17.3 Å². The van der Waals surface area contributed by atoms with Crippen molar-refractivity contribution in [2.75, 3.05) is 25.5 Å². The van der Waals surface area contributed by atoms with Gasteiger partial charge in [0.15, 0.2) is 9.84 Å². The van der Waals surface area contributed by atoms with Gasteiger partial charge in [-0.2, -0.15) is 0 Å². The van der Waals surface area contributed by atoms with Gasteiger partial charge in [-0.05, 0) is 81.1 Å². The smallest absolute Gasteiger partial charge is 0.411 e. The lowest BCUT2D eigenvalue weighted by Gasteiger charge is -2.32. The van der Waals surface area contributed by atoms with Crippen molar-refractivity contribution in [3.63, 3.8) is 0 Å². The van der Waals surface area contributed by atoms with E-state index >= 15 is 0 Å². The van der Waals surface area contributed by atoms with Crippen molar-refractivity contribution < 1.29 is 17.9 Å². The molecule has 0 aromatic heterocycles. The van der Waals surface area contributed by atoms with Crippen molar-refractivity contribution >= 4 is 21.6 Å². The Labute approximate surface area is 179 Å². The van der Waals surface area contributed by atoms with Gasteiger partial charge in [-0.25, -0.2) is 13.2 Å². The van der Waals surface area contributed by atoms with Gasteiger partial charge >= 0.3 is 6.09 Å². The predicted octanol–water partition coefficient (Wildman–Crippen LogP) is 4.43. The molecule has 1 saturated heterocycles. The number of benzene rings is 2. The number of piperidine rings is 1. The number of likely N-dealkylation sites (tertiary alicyclic amines) is 1. The summed E-state index contributed by atoms with van der Waals surface area (Å²) in [6.07, 6.45) is 1.62. The van der Waals surface area contributed by atoms with Gasteiger partial charge in [0.2, 0.25) is 0 Å². The van der Waals surface area contributed by atoms with Crippen molar-refractivity contribution in [1.82, 2.24) is 4.90 Å². The average molecular weight is 431 g/mol. The molecular formula is C23H30N2O4S. The molecule has 0 saturated carbocycles. The number of carbonyl (C=O) groups is 1. The monoisotopic (exact) mass is 430 g/mol. The van der Waals surface area contributed by atoms with Crippen molar-refractivity contribution in [3.05, 3.63) is 59.7 Å². The Kier molecular flexibility index (Phi) is 7.15. The Hall–Kier alpha value is -2.38. The van der Waals surface area contributed by atoms with Crippen LogP contribution in [0.2, 0.25) is 0 Å². The van der Waals surface area contributed by atoms with Crippen LogP contribution < -0.4 is 5.32 Å². The number of hydrogen-bond acceptors (Lipinski definition) is 5. The number of ether oxygens (including phenoxy) is 1. The molecule has 162 valence electrons. The van der Waals surface area contributed by atoms with Crippen molar-refractivity contribution in [2.24, 2.45) is 0 Å². The molecule has 1 N–H and O–H groups in total. The highest BCUT2D eigenvalue weighted by Gasteiger charge is 2.22.